The lowest BCUT2D eigenvalue weighted by molar-refractivity contribution is 0.504. The largest absolute Gasteiger partial charge is 0.467 e. The Bertz CT molecular complexity index is 408. The first-order valence-electron chi connectivity index (χ1n) is 4.66. The number of nitrogens with two attached hydrogens (primary N) is 2. The van der Waals surface area contributed by atoms with E-state index in [0.29, 0.717) is 6.54 Å². The summed E-state index contributed by atoms with van der Waals surface area (Å²) < 4.78 is 5.20. The standard InChI is InChI=1S/C11H13N3O/c12-9-3-5-10(6-4-9)14(13)8-11-2-1-7-15-11/h1-7H,8,12-13H2. The fourth-order valence-electron chi connectivity index (χ4n) is 1.33. The van der Waals surface area contributed by atoms with Gasteiger partial charge in [0.1, 0.15) is 5.76 Å². The summed E-state index contributed by atoms with van der Waals surface area (Å²) in [5, 5.41) is 1.61. The minimum atomic E-state index is 0.539. The van der Waals surface area contributed by atoms with E-state index in [1.807, 2.05) is 36.4 Å². The van der Waals surface area contributed by atoms with E-state index >= 15 is 0 Å². The number of furan rings is 1. The van der Waals surface area contributed by atoms with Crippen LogP contribution in [0.15, 0.2) is 47.1 Å². The minimum absolute atomic E-state index is 0.539. The Labute approximate surface area is 88.1 Å². The summed E-state index contributed by atoms with van der Waals surface area (Å²) in [5.41, 5.74) is 7.22. The molecule has 4 heteroatoms. The van der Waals surface area contributed by atoms with Crippen molar-refractivity contribution >= 4 is 11.4 Å². The summed E-state index contributed by atoms with van der Waals surface area (Å²) in [6.45, 7) is 0.539. The minimum Gasteiger partial charge on any atom is -0.467 e. The van der Waals surface area contributed by atoms with E-state index in [1.165, 1.54) is 0 Å². The molecule has 4 N–H and O–H groups in total. The van der Waals surface area contributed by atoms with Crippen LogP contribution in [0.1, 0.15) is 5.76 Å². The van der Waals surface area contributed by atoms with Crippen LogP contribution in [0.25, 0.3) is 0 Å². The topological polar surface area (TPSA) is 68.4 Å². The highest BCUT2D eigenvalue weighted by Gasteiger charge is 2.03. The number of nitrogen functional groups attached to an aromatic ring is 1. The Balaban J connectivity index is 2.08. The van der Waals surface area contributed by atoms with Gasteiger partial charge in [-0.1, -0.05) is 0 Å². The molecule has 0 fully saturated rings. The van der Waals surface area contributed by atoms with E-state index in [2.05, 4.69) is 0 Å². The van der Waals surface area contributed by atoms with Crippen molar-refractivity contribution in [1.29, 1.82) is 0 Å². The fraction of sp³-hybridized carbons (Fsp3) is 0.0909. The van der Waals surface area contributed by atoms with Gasteiger partial charge >= 0.3 is 0 Å². The van der Waals surface area contributed by atoms with E-state index < -0.39 is 0 Å². The zero-order valence-corrected chi connectivity index (χ0v) is 8.26. The third-order valence-corrected chi connectivity index (χ3v) is 2.13. The van der Waals surface area contributed by atoms with Crippen LogP contribution in [-0.4, -0.2) is 0 Å². The molecule has 1 heterocycles. The monoisotopic (exact) mass is 203 g/mol. The molecule has 4 nitrogen and oxygen atoms in total. The number of nitrogens with zero attached hydrogens (tertiary/aromatic N) is 1. The van der Waals surface area contributed by atoms with Gasteiger partial charge in [0, 0.05) is 5.69 Å². The molecule has 2 aromatic rings. The van der Waals surface area contributed by atoms with Gasteiger partial charge in [0.15, 0.2) is 0 Å². The second-order valence-corrected chi connectivity index (χ2v) is 3.30. The lowest BCUT2D eigenvalue weighted by Gasteiger charge is -2.17. The third-order valence-electron chi connectivity index (χ3n) is 2.13. The predicted octanol–water partition coefficient (Wildman–Crippen LogP) is 1.74. The van der Waals surface area contributed by atoms with Crippen molar-refractivity contribution in [3.63, 3.8) is 0 Å². The third kappa shape index (κ3) is 2.30. The quantitative estimate of drug-likeness (QED) is 0.453. The molecule has 1 aromatic carbocycles. The molecular formula is C11H13N3O. The van der Waals surface area contributed by atoms with Crippen molar-refractivity contribution in [2.75, 3.05) is 10.7 Å². The highest BCUT2D eigenvalue weighted by Crippen LogP contribution is 2.15. The van der Waals surface area contributed by atoms with Gasteiger partial charge in [-0.05, 0) is 36.4 Å². The zero-order valence-electron chi connectivity index (χ0n) is 8.26. The second-order valence-electron chi connectivity index (χ2n) is 3.30. The van der Waals surface area contributed by atoms with Crippen LogP contribution in [0.2, 0.25) is 0 Å². The first-order valence-corrected chi connectivity index (χ1v) is 4.66. The molecule has 0 spiro atoms. The van der Waals surface area contributed by atoms with Crippen molar-refractivity contribution in [2.45, 2.75) is 6.54 Å². The Kier molecular flexibility index (Phi) is 2.60. The number of hydrogen-bond acceptors (Lipinski definition) is 4. The van der Waals surface area contributed by atoms with Gasteiger partial charge in [0.2, 0.25) is 0 Å². The van der Waals surface area contributed by atoms with Crippen LogP contribution in [-0.2, 0) is 6.54 Å². The molecule has 0 aliphatic heterocycles. The fourth-order valence-corrected chi connectivity index (χ4v) is 1.33. The molecule has 0 aliphatic carbocycles. The van der Waals surface area contributed by atoms with Crippen LogP contribution in [0, 0.1) is 0 Å². The molecule has 0 bridgehead atoms. The molecule has 0 radical (unpaired) electrons. The van der Waals surface area contributed by atoms with Crippen molar-refractivity contribution < 1.29 is 4.42 Å². The Morgan fingerprint density at radius 1 is 1.13 bits per heavy atom. The number of rotatable bonds is 3. The summed E-state index contributed by atoms with van der Waals surface area (Å²) >= 11 is 0. The molecule has 0 unspecified atom stereocenters. The summed E-state index contributed by atoms with van der Waals surface area (Å²) in [5.74, 6) is 6.70. The second kappa shape index (κ2) is 4.06. The van der Waals surface area contributed by atoms with E-state index in [9.17, 15) is 0 Å². The van der Waals surface area contributed by atoms with Crippen LogP contribution in [0.3, 0.4) is 0 Å². The van der Waals surface area contributed by atoms with Crippen molar-refractivity contribution in [1.82, 2.24) is 0 Å². The first kappa shape index (κ1) is 9.61. The van der Waals surface area contributed by atoms with Crippen molar-refractivity contribution in [2.24, 2.45) is 5.84 Å². The molecule has 0 saturated heterocycles. The Hall–Kier alpha value is -1.94. The van der Waals surface area contributed by atoms with Crippen LogP contribution < -0.4 is 16.6 Å². The van der Waals surface area contributed by atoms with E-state index in [0.717, 1.165) is 17.1 Å². The molecule has 0 atom stereocenters. The van der Waals surface area contributed by atoms with Gasteiger partial charge in [0.25, 0.3) is 0 Å². The smallest absolute Gasteiger partial charge is 0.124 e. The average molecular weight is 203 g/mol. The highest BCUT2D eigenvalue weighted by molar-refractivity contribution is 5.52. The van der Waals surface area contributed by atoms with Crippen molar-refractivity contribution in [3.8, 4) is 0 Å². The van der Waals surface area contributed by atoms with Gasteiger partial charge in [-0.3, -0.25) is 0 Å². The SMILES string of the molecule is Nc1ccc(N(N)Cc2ccco2)cc1. The predicted molar refractivity (Wildman–Crippen MR) is 59.9 cm³/mol. The lowest BCUT2D eigenvalue weighted by atomic mass is 10.3. The number of anilines is 2. The highest BCUT2D eigenvalue weighted by atomic mass is 16.3. The maximum Gasteiger partial charge on any atom is 0.124 e. The maximum atomic E-state index is 5.87. The lowest BCUT2D eigenvalue weighted by Crippen LogP contribution is -2.29. The Morgan fingerprint density at radius 3 is 2.47 bits per heavy atom. The summed E-state index contributed by atoms with van der Waals surface area (Å²) in [6.07, 6.45) is 1.63. The van der Waals surface area contributed by atoms with Gasteiger partial charge < -0.3 is 15.2 Å². The molecule has 15 heavy (non-hydrogen) atoms. The van der Waals surface area contributed by atoms with Crippen molar-refractivity contribution in [3.05, 3.63) is 48.4 Å². The van der Waals surface area contributed by atoms with Gasteiger partial charge in [-0.15, -0.1) is 0 Å². The molecule has 1 aromatic heterocycles. The number of hydrazine groups is 1. The number of hydrogen-bond donors (Lipinski definition) is 2. The van der Waals surface area contributed by atoms with Crippen LogP contribution in [0.5, 0.6) is 0 Å². The summed E-state index contributed by atoms with van der Waals surface area (Å²) in [7, 11) is 0. The van der Waals surface area contributed by atoms with Gasteiger partial charge in [-0.25, -0.2) is 5.84 Å². The van der Waals surface area contributed by atoms with Crippen LogP contribution in [0.4, 0.5) is 11.4 Å². The molecule has 2 rings (SSSR count). The molecule has 0 saturated carbocycles. The van der Waals surface area contributed by atoms with Gasteiger partial charge in [0.05, 0.1) is 18.5 Å². The first-order chi connectivity index (χ1) is 7.25. The van der Waals surface area contributed by atoms with Crippen LogP contribution >= 0.6 is 0 Å². The van der Waals surface area contributed by atoms with E-state index in [4.69, 9.17) is 16.0 Å². The normalized spacial score (nSPS) is 10.2. The summed E-state index contributed by atoms with van der Waals surface area (Å²) in [6, 6.07) is 11.1. The molecule has 78 valence electrons. The van der Waals surface area contributed by atoms with E-state index in [1.54, 1.807) is 11.3 Å². The van der Waals surface area contributed by atoms with E-state index in [-0.39, 0.29) is 0 Å². The average Bonchev–Trinajstić information content (AvgIpc) is 2.71. The Morgan fingerprint density at radius 2 is 1.87 bits per heavy atom. The molecule has 0 amide bonds. The van der Waals surface area contributed by atoms with Gasteiger partial charge in [-0.2, -0.15) is 0 Å². The number of benzene rings is 1. The molecular weight excluding hydrogens is 190 g/mol. The molecule has 0 aliphatic rings. The zero-order chi connectivity index (χ0) is 10.7. The maximum absolute atomic E-state index is 5.87. The summed E-state index contributed by atoms with van der Waals surface area (Å²) in [4.78, 5) is 0.